The number of amides is 2. The fraction of sp³-hybridized carbons (Fsp3) is 0.154. The summed E-state index contributed by atoms with van der Waals surface area (Å²) in [6.07, 6.45) is 3.64. The molecule has 0 fully saturated rings. The van der Waals surface area contributed by atoms with Crippen molar-refractivity contribution in [2.24, 2.45) is 0 Å². The zero-order valence-electron chi connectivity index (χ0n) is 19.3. The molecule has 1 aliphatic rings. The number of fused-ring (bicyclic) bond motifs is 1. The molecule has 3 aromatic rings. The highest BCUT2D eigenvalue weighted by atomic mass is 32.2. The Kier molecular flexibility index (Phi) is 6.99. The number of nitrogens with one attached hydrogen (secondary N) is 2. The number of sulfonamides is 1. The molecule has 2 N–H and O–H groups in total. The molecule has 8 nitrogen and oxygen atoms in total. The third-order valence-electron chi connectivity index (χ3n) is 5.70. The number of benzene rings is 3. The Morgan fingerprint density at radius 1 is 1.03 bits per heavy atom. The van der Waals surface area contributed by atoms with Gasteiger partial charge < -0.3 is 15.0 Å². The lowest BCUT2D eigenvalue weighted by atomic mass is 10.1. The predicted molar refractivity (Wildman–Crippen MR) is 135 cm³/mol. The Labute approximate surface area is 204 Å². The quantitative estimate of drug-likeness (QED) is 0.493. The molecule has 0 spiro atoms. The van der Waals surface area contributed by atoms with Gasteiger partial charge in [0, 0.05) is 29.6 Å². The maximum Gasteiger partial charge on any atom is 0.258 e. The van der Waals surface area contributed by atoms with E-state index in [4.69, 9.17) is 4.74 Å². The lowest BCUT2D eigenvalue weighted by molar-refractivity contribution is -0.111. The Bertz CT molecular complexity index is 1400. The molecule has 0 bridgehead atoms. The number of methoxy groups -OCH3 is 1. The van der Waals surface area contributed by atoms with Gasteiger partial charge in [-0.1, -0.05) is 24.3 Å². The number of anilines is 2. The first kappa shape index (κ1) is 24.2. The number of carbonyl (C=O) groups is 2. The van der Waals surface area contributed by atoms with Crippen molar-refractivity contribution in [2.45, 2.75) is 11.3 Å². The molecule has 1 heterocycles. The largest absolute Gasteiger partial charge is 0.495 e. The Hall–Kier alpha value is -3.95. The van der Waals surface area contributed by atoms with Gasteiger partial charge >= 0.3 is 0 Å². The molecule has 3 aromatic carbocycles. The van der Waals surface area contributed by atoms with Crippen LogP contribution in [0.3, 0.4) is 0 Å². The molecular weight excluding hydrogens is 466 g/mol. The van der Waals surface area contributed by atoms with Crippen LogP contribution in [0, 0.1) is 0 Å². The van der Waals surface area contributed by atoms with Gasteiger partial charge in [0.05, 0.1) is 7.11 Å². The summed E-state index contributed by atoms with van der Waals surface area (Å²) in [5.41, 5.74) is 3.67. The number of para-hydroxylation sites is 1. The van der Waals surface area contributed by atoms with Crippen LogP contribution in [-0.2, 0) is 21.2 Å². The van der Waals surface area contributed by atoms with Crippen molar-refractivity contribution in [3.05, 3.63) is 89.5 Å². The molecule has 0 radical (unpaired) electrons. The molecule has 0 saturated carbocycles. The highest BCUT2D eigenvalue weighted by molar-refractivity contribution is 7.89. The normalized spacial score (nSPS) is 13.0. The minimum atomic E-state index is -3.72. The van der Waals surface area contributed by atoms with Crippen molar-refractivity contribution in [3.8, 4) is 5.75 Å². The highest BCUT2D eigenvalue weighted by Crippen LogP contribution is 2.29. The van der Waals surface area contributed by atoms with Crippen LogP contribution >= 0.6 is 0 Å². The molecule has 180 valence electrons. The van der Waals surface area contributed by atoms with E-state index in [0.717, 1.165) is 17.7 Å². The monoisotopic (exact) mass is 491 g/mol. The van der Waals surface area contributed by atoms with Gasteiger partial charge in [0.25, 0.3) is 5.91 Å². The summed E-state index contributed by atoms with van der Waals surface area (Å²) in [6.45, 7) is 0.643. The number of carbonyl (C=O) groups excluding carboxylic acids is 2. The van der Waals surface area contributed by atoms with Gasteiger partial charge in [-0.15, -0.1) is 0 Å². The van der Waals surface area contributed by atoms with Gasteiger partial charge in [0.2, 0.25) is 15.9 Å². The van der Waals surface area contributed by atoms with Crippen molar-refractivity contribution in [1.29, 1.82) is 0 Å². The molecule has 0 unspecified atom stereocenters. The number of ether oxygens (including phenoxy) is 1. The zero-order chi connectivity index (χ0) is 25.0. The summed E-state index contributed by atoms with van der Waals surface area (Å²) in [6, 6.07) is 19.2. The molecule has 0 saturated heterocycles. The Balaban J connectivity index is 1.42. The van der Waals surface area contributed by atoms with E-state index in [1.807, 2.05) is 24.3 Å². The summed E-state index contributed by atoms with van der Waals surface area (Å²) in [7, 11) is -1.03. The van der Waals surface area contributed by atoms with Crippen LogP contribution in [0.1, 0.15) is 21.5 Å². The van der Waals surface area contributed by atoms with E-state index in [2.05, 4.69) is 10.0 Å². The number of hydrogen-bond donors (Lipinski definition) is 2. The molecular formula is C26H25N3O5S. The van der Waals surface area contributed by atoms with Gasteiger partial charge in [-0.05, 0) is 73.1 Å². The second-order valence-corrected chi connectivity index (χ2v) is 9.71. The van der Waals surface area contributed by atoms with Crippen LogP contribution in [0.15, 0.2) is 77.7 Å². The standard InChI is InChI=1S/C26H25N3O5S/c1-27-35(32,33)24-17-18(7-13-23(24)34-2)8-14-25(30)28-21-11-9-20(10-12-21)26(31)29-16-15-19-5-3-4-6-22(19)29/h3-14,17,27H,15-16H2,1-2H3,(H,28,30)/b14-8+. The topological polar surface area (TPSA) is 105 Å². The van der Waals surface area contributed by atoms with E-state index in [-0.39, 0.29) is 16.6 Å². The maximum absolute atomic E-state index is 12.9. The van der Waals surface area contributed by atoms with Gasteiger partial charge in [-0.2, -0.15) is 0 Å². The lowest BCUT2D eigenvalue weighted by Crippen LogP contribution is -2.28. The van der Waals surface area contributed by atoms with E-state index in [1.54, 1.807) is 35.2 Å². The maximum atomic E-state index is 12.9. The van der Waals surface area contributed by atoms with Crippen LogP contribution in [0.25, 0.3) is 6.08 Å². The summed E-state index contributed by atoms with van der Waals surface area (Å²) in [5.74, 6) is -0.279. The summed E-state index contributed by atoms with van der Waals surface area (Å²) in [5, 5.41) is 2.74. The number of hydrogen-bond acceptors (Lipinski definition) is 5. The zero-order valence-corrected chi connectivity index (χ0v) is 20.1. The van der Waals surface area contributed by atoms with Crippen LogP contribution in [0.5, 0.6) is 5.75 Å². The molecule has 1 aliphatic heterocycles. The number of nitrogens with zero attached hydrogens (tertiary/aromatic N) is 1. The fourth-order valence-electron chi connectivity index (χ4n) is 3.87. The minimum absolute atomic E-state index is 0.0223. The molecule has 2 amide bonds. The second kappa shape index (κ2) is 10.1. The average Bonchev–Trinajstić information content (AvgIpc) is 3.31. The minimum Gasteiger partial charge on any atom is -0.495 e. The third-order valence-corrected chi connectivity index (χ3v) is 7.14. The highest BCUT2D eigenvalue weighted by Gasteiger charge is 2.25. The van der Waals surface area contributed by atoms with Crippen molar-refractivity contribution in [3.63, 3.8) is 0 Å². The van der Waals surface area contributed by atoms with E-state index in [9.17, 15) is 18.0 Å². The first-order valence-corrected chi connectivity index (χ1v) is 12.4. The summed E-state index contributed by atoms with van der Waals surface area (Å²) in [4.78, 5) is 27.1. The van der Waals surface area contributed by atoms with Crippen molar-refractivity contribution in [2.75, 3.05) is 30.9 Å². The average molecular weight is 492 g/mol. The summed E-state index contributed by atoms with van der Waals surface area (Å²) >= 11 is 0. The van der Waals surface area contributed by atoms with Crippen LogP contribution in [0.4, 0.5) is 11.4 Å². The molecule has 35 heavy (non-hydrogen) atoms. The third kappa shape index (κ3) is 5.26. The van der Waals surface area contributed by atoms with Crippen LogP contribution in [-0.4, -0.2) is 40.9 Å². The van der Waals surface area contributed by atoms with Gasteiger partial charge in [-0.25, -0.2) is 13.1 Å². The van der Waals surface area contributed by atoms with Gasteiger partial charge in [0.1, 0.15) is 10.6 Å². The van der Waals surface area contributed by atoms with Crippen molar-refractivity contribution < 1.29 is 22.7 Å². The van der Waals surface area contributed by atoms with E-state index >= 15 is 0 Å². The van der Waals surface area contributed by atoms with Crippen molar-refractivity contribution >= 4 is 39.3 Å². The number of rotatable bonds is 7. The molecule has 0 atom stereocenters. The van der Waals surface area contributed by atoms with E-state index < -0.39 is 15.9 Å². The van der Waals surface area contributed by atoms with Crippen molar-refractivity contribution in [1.82, 2.24) is 4.72 Å². The predicted octanol–water partition coefficient (Wildman–Crippen LogP) is 3.46. The summed E-state index contributed by atoms with van der Waals surface area (Å²) < 4.78 is 31.8. The molecule has 4 rings (SSSR count). The fourth-order valence-corrected chi connectivity index (χ4v) is 4.80. The Morgan fingerprint density at radius 3 is 2.49 bits per heavy atom. The van der Waals surface area contributed by atoms with E-state index in [0.29, 0.717) is 23.4 Å². The first-order chi connectivity index (χ1) is 16.8. The SMILES string of the molecule is CNS(=O)(=O)c1cc(/C=C/C(=O)Nc2ccc(C(=O)N3CCc4ccccc43)cc2)ccc1OC. The van der Waals surface area contributed by atoms with Crippen LogP contribution in [0.2, 0.25) is 0 Å². The smallest absolute Gasteiger partial charge is 0.258 e. The van der Waals surface area contributed by atoms with E-state index in [1.165, 1.54) is 38.4 Å². The second-order valence-electron chi connectivity index (χ2n) is 7.85. The molecule has 0 aromatic heterocycles. The Morgan fingerprint density at radius 2 is 1.77 bits per heavy atom. The van der Waals surface area contributed by atoms with Gasteiger partial charge in [0.15, 0.2) is 0 Å². The molecule has 0 aliphatic carbocycles. The lowest BCUT2D eigenvalue weighted by Gasteiger charge is -2.17. The van der Waals surface area contributed by atoms with Crippen LogP contribution < -0.4 is 19.7 Å². The first-order valence-electron chi connectivity index (χ1n) is 10.9. The van der Waals surface area contributed by atoms with Gasteiger partial charge in [-0.3, -0.25) is 9.59 Å². The molecule has 9 heteroatoms.